The lowest BCUT2D eigenvalue weighted by atomic mass is 10.2. The molecule has 0 aliphatic heterocycles. The van der Waals surface area contributed by atoms with Gasteiger partial charge >= 0.3 is 0 Å². The SMILES string of the molecule is O=C(Nc1ccccc1Br)c1ccnc(NCc2ccncc2)c1. The standard InChI is InChI=1S/C18H15BrN4O/c19-15-3-1-2-4-16(15)23-18(24)14-7-10-21-17(11-14)22-12-13-5-8-20-9-6-13/h1-11H,12H2,(H,21,22)(H,23,24). The molecule has 1 amide bonds. The van der Waals surface area contributed by atoms with Crippen LogP contribution in [0.1, 0.15) is 15.9 Å². The zero-order chi connectivity index (χ0) is 16.8. The number of nitrogens with one attached hydrogen (secondary N) is 2. The summed E-state index contributed by atoms with van der Waals surface area (Å²) in [6.07, 6.45) is 5.10. The minimum Gasteiger partial charge on any atom is -0.366 e. The van der Waals surface area contributed by atoms with Gasteiger partial charge in [0.25, 0.3) is 5.91 Å². The maximum Gasteiger partial charge on any atom is 0.255 e. The van der Waals surface area contributed by atoms with Gasteiger partial charge in [-0.2, -0.15) is 0 Å². The molecular weight excluding hydrogens is 368 g/mol. The van der Waals surface area contributed by atoms with Crippen molar-refractivity contribution >= 4 is 33.3 Å². The minimum atomic E-state index is -0.184. The molecule has 0 atom stereocenters. The summed E-state index contributed by atoms with van der Waals surface area (Å²) in [4.78, 5) is 20.6. The number of amides is 1. The number of anilines is 2. The predicted molar refractivity (Wildman–Crippen MR) is 97.9 cm³/mol. The number of para-hydroxylation sites is 1. The van der Waals surface area contributed by atoms with Crippen LogP contribution in [0.2, 0.25) is 0 Å². The molecule has 1 aromatic carbocycles. The zero-order valence-electron chi connectivity index (χ0n) is 12.7. The summed E-state index contributed by atoms with van der Waals surface area (Å²) in [5.41, 5.74) is 2.36. The largest absolute Gasteiger partial charge is 0.366 e. The quantitative estimate of drug-likeness (QED) is 0.696. The van der Waals surface area contributed by atoms with Crippen LogP contribution >= 0.6 is 15.9 Å². The zero-order valence-corrected chi connectivity index (χ0v) is 14.3. The fraction of sp³-hybridized carbons (Fsp3) is 0.0556. The maximum absolute atomic E-state index is 12.4. The fourth-order valence-corrected chi connectivity index (χ4v) is 2.50. The Labute approximate surface area is 148 Å². The number of carbonyl (C=O) groups is 1. The van der Waals surface area contributed by atoms with Crippen molar-refractivity contribution in [1.82, 2.24) is 9.97 Å². The van der Waals surface area contributed by atoms with Crippen molar-refractivity contribution in [3.05, 3.63) is 82.7 Å². The van der Waals surface area contributed by atoms with E-state index in [-0.39, 0.29) is 5.91 Å². The van der Waals surface area contributed by atoms with Gasteiger partial charge in [-0.1, -0.05) is 12.1 Å². The second kappa shape index (κ2) is 7.70. The van der Waals surface area contributed by atoms with Crippen molar-refractivity contribution in [3.63, 3.8) is 0 Å². The number of rotatable bonds is 5. The summed E-state index contributed by atoms with van der Waals surface area (Å²) >= 11 is 3.42. The number of hydrogen-bond donors (Lipinski definition) is 2. The third kappa shape index (κ3) is 4.17. The van der Waals surface area contributed by atoms with E-state index in [1.165, 1.54) is 0 Å². The van der Waals surface area contributed by atoms with Crippen LogP contribution in [0.3, 0.4) is 0 Å². The van der Waals surface area contributed by atoms with Crippen molar-refractivity contribution in [1.29, 1.82) is 0 Å². The lowest BCUT2D eigenvalue weighted by Crippen LogP contribution is -2.13. The first-order valence-corrected chi connectivity index (χ1v) is 8.16. The number of nitrogens with zero attached hydrogens (tertiary/aromatic N) is 2. The van der Waals surface area contributed by atoms with E-state index in [1.807, 2.05) is 36.4 Å². The highest BCUT2D eigenvalue weighted by atomic mass is 79.9. The molecule has 0 unspecified atom stereocenters. The van der Waals surface area contributed by atoms with Gasteiger partial charge in [0.05, 0.1) is 5.69 Å². The molecule has 6 heteroatoms. The molecule has 3 rings (SSSR count). The van der Waals surface area contributed by atoms with Gasteiger partial charge in [-0.15, -0.1) is 0 Å². The summed E-state index contributed by atoms with van der Waals surface area (Å²) in [5, 5.41) is 6.08. The average molecular weight is 383 g/mol. The molecule has 2 aromatic heterocycles. The van der Waals surface area contributed by atoms with Crippen LogP contribution in [0.4, 0.5) is 11.5 Å². The highest BCUT2D eigenvalue weighted by molar-refractivity contribution is 9.10. The van der Waals surface area contributed by atoms with Gasteiger partial charge in [0.2, 0.25) is 0 Å². The molecule has 3 aromatic rings. The fourth-order valence-electron chi connectivity index (χ4n) is 2.12. The molecule has 2 N–H and O–H groups in total. The van der Waals surface area contributed by atoms with Crippen LogP contribution in [-0.2, 0) is 6.54 Å². The minimum absolute atomic E-state index is 0.184. The highest BCUT2D eigenvalue weighted by Gasteiger charge is 2.09. The molecule has 0 fully saturated rings. The van der Waals surface area contributed by atoms with Gasteiger partial charge < -0.3 is 10.6 Å². The van der Waals surface area contributed by atoms with E-state index in [4.69, 9.17) is 0 Å². The molecule has 0 aliphatic carbocycles. The van der Waals surface area contributed by atoms with E-state index in [0.717, 1.165) is 15.7 Å². The molecule has 0 aliphatic rings. The molecule has 24 heavy (non-hydrogen) atoms. The number of halogens is 1. The lowest BCUT2D eigenvalue weighted by molar-refractivity contribution is 0.102. The third-order valence-electron chi connectivity index (χ3n) is 3.37. The smallest absolute Gasteiger partial charge is 0.255 e. The summed E-state index contributed by atoms with van der Waals surface area (Å²) in [6.45, 7) is 0.616. The van der Waals surface area contributed by atoms with Crippen LogP contribution < -0.4 is 10.6 Å². The van der Waals surface area contributed by atoms with E-state index in [1.54, 1.807) is 30.7 Å². The predicted octanol–water partition coefficient (Wildman–Crippen LogP) is 4.10. The van der Waals surface area contributed by atoms with Gasteiger partial charge in [-0.3, -0.25) is 9.78 Å². The average Bonchev–Trinajstić information content (AvgIpc) is 2.63. The van der Waals surface area contributed by atoms with Crippen molar-refractivity contribution in [2.45, 2.75) is 6.54 Å². The van der Waals surface area contributed by atoms with Crippen LogP contribution in [0, 0.1) is 0 Å². The number of hydrogen-bond acceptors (Lipinski definition) is 4. The molecule has 0 radical (unpaired) electrons. The Balaban J connectivity index is 1.68. The Morgan fingerprint density at radius 2 is 1.83 bits per heavy atom. The summed E-state index contributed by atoms with van der Waals surface area (Å²) in [5.74, 6) is 0.461. The van der Waals surface area contributed by atoms with Gasteiger partial charge in [0.15, 0.2) is 0 Å². The Kier molecular flexibility index (Phi) is 5.18. The van der Waals surface area contributed by atoms with Crippen LogP contribution in [0.25, 0.3) is 0 Å². The van der Waals surface area contributed by atoms with Gasteiger partial charge in [-0.05, 0) is 57.9 Å². The van der Waals surface area contributed by atoms with Crippen molar-refractivity contribution in [2.75, 3.05) is 10.6 Å². The Bertz CT molecular complexity index is 839. The van der Waals surface area contributed by atoms with E-state index >= 15 is 0 Å². The second-order valence-electron chi connectivity index (χ2n) is 5.07. The van der Waals surface area contributed by atoms with Crippen LogP contribution in [0.5, 0.6) is 0 Å². The third-order valence-corrected chi connectivity index (χ3v) is 4.06. The molecule has 0 bridgehead atoms. The van der Waals surface area contributed by atoms with Gasteiger partial charge in [0, 0.05) is 35.2 Å². The number of benzene rings is 1. The molecule has 5 nitrogen and oxygen atoms in total. The Morgan fingerprint density at radius 1 is 1.04 bits per heavy atom. The first-order valence-electron chi connectivity index (χ1n) is 7.37. The number of carbonyl (C=O) groups excluding carboxylic acids is 1. The van der Waals surface area contributed by atoms with E-state index in [2.05, 4.69) is 36.5 Å². The summed E-state index contributed by atoms with van der Waals surface area (Å²) in [7, 11) is 0. The lowest BCUT2D eigenvalue weighted by Gasteiger charge is -2.09. The normalized spacial score (nSPS) is 10.2. The molecular formula is C18H15BrN4O. The van der Waals surface area contributed by atoms with Gasteiger partial charge in [-0.25, -0.2) is 4.98 Å². The second-order valence-corrected chi connectivity index (χ2v) is 5.93. The van der Waals surface area contributed by atoms with E-state index < -0.39 is 0 Å². The maximum atomic E-state index is 12.4. The molecule has 2 heterocycles. The molecule has 0 saturated heterocycles. The van der Waals surface area contributed by atoms with Crippen molar-refractivity contribution in [3.8, 4) is 0 Å². The van der Waals surface area contributed by atoms with E-state index in [9.17, 15) is 4.79 Å². The summed E-state index contributed by atoms with van der Waals surface area (Å²) in [6, 6.07) is 14.8. The molecule has 0 spiro atoms. The van der Waals surface area contributed by atoms with E-state index in [0.29, 0.717) is 17.9 Å². The van der Waals surface area contributed by atoms with Crippen molar-refractivity contribution in [2.24, 2.45) is 0 Å². The molecule has 0 saturated carbocycles. The number of pyridine rings is 2. The van der Waals surface area contributed by atoms with Crippen LogP contribution in [0.15, 0.2) is 71.6 Å². The number of aromatic nitrogens is 2. The highest BCUT2D eigenvalue weighted by Crippen LogP contribution is 2.22. The van der Waals surface area contributed by atoms with Crippen molar-refractivity contribution < 1.29 is 4.79 Å². The Hall–Kier alpha value is -2.73. The first-order chi connectivity index (χ1) is 11.7. The van der Waals surface area contributed by atoms with Crippen LogP contribution in [-0.4, -0.2) is 15.9 Å². The first kappa shape index (κ1) is 16.1. The topological polar surface area (TPSA) is 66.9 Å². The monoisotopic (exact) mass is 382 g/mol. The summed E-state index contributed by atoms with van der Waals surface area (Å²) < 4.78 is 0.837. The van der Waals surface area contributed by atoms with Gasteiger partial charge in [0.1, 0.15) is 5.82 Å². The Morgan fingerprint density at radius 3 is 2.62 bits per heavy atom. The molecule has 120 valence electrons.